The first-order valence-corrected chi connectivity index (χ1v) is 5.34. The van der Waals surface area contributed by atoms with Crippen molar-refractivity contribution >= 4 is 18.1 Å². The van der Waals surface area contributed by atoms with Gasteiger partial charge in [0.05, 0.1) is 0 Å². The second-order valence-corrected chi connectivity index (χ2v) is 3.57. The molecule has 0 atom stereocenters. The smallest absolute Gasteiger partial charge is 0.414 e. The molecule has 0 aliphatic heterocycles. The van der Waals surface area contributed by atoms with Crippen molar-refractivity contribution in [3.63, 3.8) is 0 Å². The number of hydrogen-bond acceptors (Lipinski definition) is 2. The van der Waals surface area contributed by atoms with Crippen molar-refractivity contribution < 1.29 is 14.7 Å². The molecule has 0 spiro atoms. The Morgan fingerprint density at radius 2 is 1.88 bits per heavy atom. The molecule has 1 aromatic rings. The molecular formula is C13H15NO3. The highest BCUT2D eigenvalue weighted by molar-refractivity contribution is 6.04. The van der Waals surface area contributed by atoms with Crippen LogP contribution in [0, 0.1) is 0 Å². The largest absolute Gasteiger partial charge is 0.465 e. The fraction of sp³-hybridized carbons (Fsp3) is 0.231. The number of carboxylic acid groups (broad SMARTS) is 1. The topological polar surface area (TPSA) is 57.6 Å². The predicted octanol–water partition coefficient (Wildman–Crippen LogP) is 2.62. The SMILES string of the molecule is CCN(C(=O)O)C(=O)C(C)=Cc1ccccc1. The van der Waals surface area contributed by atoms with Gasteiger partial charge in [0.15, 0.2) is 0 Å². The molecule has 0 fully saturated rings. The van der Waals surface area contributed by atoms with Gasteiger partial charge < -0.3 is 5.11 Å². The third-order valence-corrected chi connectivity index (χ3v) is 2.31. The van der Waals surface area contributed by atoms with E-state index in [2.05, 4.69) is 0 Å². The highest BCUT2D eigenvalue weighted by atomic mass is 16.4. The zero-order chi connectivity index (χ0) is 12.8. The summed E-state index contributed by atoms with van der Waals surface area (Å²) in [6.45, 7) is 3.39. The van der Waals surface area contributed by atoms with Gasteiger partial charge in [-0.2, -0.15) is 0 Å². The molecule has 90 valence electrons. The Kier molecular flexibility index (Phi) is 4.46. The van der Waals surface area contributed by atoms with Crippen LogP contribution in [-0.2, 0) is 4.79 Å². The summed E-state index contributed by atoms with van der Waals surface area (Å²) in [4.78, 5) is 23.4. The predicted molar refractivity (Wildman–Crippen MR) is 65.5 cm³/mol. The molecular weight excluding hydrogens is 218 g/mol. The summed E-state index contributed by atoms with van der Waals surface area (Å²) < 4.78 is 0. The maximum Gasteiger partial charge on any atom is 0.414 e. The first kappa shape index (κ1) is 13.0. The van der Waals surface area contributed by atoms with Crippen LogP contribution in [0.1, 0.15) is 19.4 Å². The molecule has 0 bridgehead atoms. The van der Waals surface area contributed by atoms with Crippen LogP contribution in [0.15, 0.2) is 35.9 Å². The molecule has 1 N–H and O–H groups in total. The fourth-order valence-electron chi connectivity index (χ4n) is 1.44. The van der Waals surface area contributed by atoms with Gasteiger partial charge in [-0.15, -0.1) is 0 Å². The van der Waals surface area contributed by atoms with E-state index < -0.39 is 12.0 Å². The molecule has 2 amide bonds. The maximum atomic E-state index is 11.8. The molecule has 0 aromatic heterocycles. The van der Waals surface area contributed by atoms with E-state index in [1.54, 1.807) is 19.9 Å². The third-order valence-electron chi connectivity index (χ3n) is 2.31. The van der Waals surface area contributed by atoms with E-state index in [4.69, 9.17) is 5.11 Å². The molecule has 0 aliphatic rings. The number of carbonyl (C=O) groups is 2. The maximum absolute atomic E-state index is 11.8. The molecule has 0 unspecified atom stereocenters. The first-order valence-electron chi connectivity index (χ1n) is 5.34. The Bertz CT molecular complexity index is 437. The molecule has 0 radical (unpaired) electrons. The van der Waals surface area contributed by atoms with Gasteiger partial charge in [0, 0.05) is 12.1 Å². The van der Waals surface area contributed by atoms with Crippen LogP contribution in [-0.4, -0.2) is 28.6 Å². The normalized spacial score (nSPS) is 11.1. The van der Waals surface area contributed by atoms with Crippen LogP contribution in [0.25, 0.3) is 6.08 Å². The van der Waals surface area contributed by atoms with Gasteiger partial charge >= 0.3 is 6.09 Å². The summed E-state index contributed by atoms with van der Waals surface area (Å²) in [7, 11) is 0. The van der Waals surface area contributed by atoms with Crippen LogP contribution in [0.5, 0.6) is 0 Å². The van der Waals surface area contributed by atoms with Gasteiger partial charge in [-0.05, 0) is 25.5 Å². The molecule has 0 heterocycles. The summed E-state index contributed by atoms with van der Waals surface area (Å²) in [5.41, 5.74) is 1.28. The Morgan fingerprint density at radius 3 is 2.35 bits per heavy atom. The van der Waals surface area contributed by atoms with E-state index in [0.29, 0.717) is 5.57 Å². The summed E-state index contributed by atoms with van der Waals surface area (Å²) >= 11 is 0. The minimum atomic E-state index is -1.22. The van der Waals surface area contributed by atoms with E-state index in [0.717, 1.165) is 10.5 Å². The van der Waals surface area contributed by atoms with Crippen molar-refractivity contribution in [1.29, 1.82) is 0 Å². The molecule has 4 nitrogen and oxygen atoms in total. The van der Waals surface area contributed by atoms with E-state index >= 15 is 0 Å². The number of carbonyl (C=O) groups excluding carboxylic acids is 1. The molecule has 4 heteroatoms. The van der Waals surface area contributed by atoms with E-state index in [9.17, 15) is 9.59 Å². The Morgan fingerprint density at radius 1 is 1.29 bits per heavy atom. The molecule has 0 saturated carbocycles. The van der Waals surface area contributed by atoms with Gasteiger partial charge in [0.2, 0.25) is 0 Å². The van der Waals surface area contributed by atoms with Crippen molar-refractivity contribution in [2.75, 3.05) is 6.54 Å². The standard InChI is InChI=1S/C13H15NO3/c1-3-14(13(16)17)12(15)10(2)9-11-7-5-4-6-8-11/h4-9H,3H2,1-2H3,(H,16,17). The number of amides is 2. The second kappa shape index (κ2) is 5.84. The minimum absolute atomic E-state index is 0.147. The number of imide groups is 1. The van der Waals surface area contributed by atoms with Gasteiger partial charge in [0.1, 0.15) is 0 Å². The fourth-order valence-corrected chi connectivity index (χ4v) is 1.44. The van der Waals surface area contributed by atoms with Crippen molar-refractivity contribution in [3.05, 3.63) is 41.5 Å². The van der Waals surface area contributed by atoms with Gasteiger partial charge in [-0.1, -0.05) is 30.3 Å². The highest BCUT2D eigenvalue weighted by Gasteiger charge is 2.19. The van der Waals surface area contributed by atoms with E-state index in [-0.39, 0.29) is 6.54 Å². The lowest BCUT2D eigenvalue weighted by atomic mass is 10.1. The van der Waals surface area contributed by atoms with Crippen molar-refractivity contribution in [1.82, 2.24) is 4.90 Å². The van der Waals surface area contributed by atoms with Gasteiger partial charge in [-0.3, -0.25) is 4.79 Å². The number of nitrogens with zero attached hydrogens (tertiary/aromatic N) is 1. The number of hydrogen-bond donors (Lipinski definition) is 1. The molecule has 1 rings (SSSR count). The average Bonchev–Trinajstić information content (AvgIpc) is 2.30. The number of rotatable bonds is 3. The van der Waals surface area contributed by atoms with Crippen molar-refractivity contribution in [3.8, 4) is 0 Å². The summed E-state index contributed by atoms with van der Waals surface area (Å²) in [6, 6.07) is 9.31. The third kappa shape index (κ3) is 3.45. The lowest BCUT2D eigenvalue weighted by Gasteiger charge is -2.14. The summed E-state index contributed by atoms with van der Waals surface area (Å²) in [5.74, 6) is -0.483. The Balaban J connectivity index is 2.90. The van der Waals surface area contributed by atoms with Gasteiger partial charge in [-0.25, -0.2) is 9.69 Å². The van der Waals surface area contributed by atoms with Gasteiger partial charge in [0.25, 0.3) is 5.91 Å². The zero-order valence-electron chi connectivity index (χ0n) is 9.88. The second-order valence-electron chi connectivity index (χ2n) is 3.57. The molecule has 0 saturated heterocycles. The molecule has 17 heavy (non-hydrogen) atoms. The Hall–Kier alpha value is -2.10. The summed E-state index contributed by atoms with van der Waals surface area (Å²) in [6.07, 6.45) is 0.451. The molecule has 0 aliphatic carbocycles. The Labute approximate surface area is 100 Å². The van der Waals surface area contributed by atoms with Crippen LogP contribution in [0.4, 0.5) is 4.79 Å². The zero-order valence-corrected chi connectivity index (χ0v) is 9.88. The van der Waals surface area contributed by atoms with Crippen LogP contribution in [0.2, 0.25) is 0 Å². The quantitative estimate of drug-likeness (QED) is 0.816. The lowest BCUT2D eigenvalue weighted by molar-refractivity contribution is -0.124. The van der Waals surface area contributed by atoms with Crippen LogP contribution >= 0.6 is 0 Å². The van der Waals surface area contributed by atoms with Crippen molar-refractivity contribution in [2.24, 2.45) is 0 Å². The van der Waals surface area contributed by atoms with E-state index in [1.807, 2.05) is 30.3 Å². The van der Waals surface area contributed by atoms with Crippen LogP contribution in [0.3, 0.4) is 0 Å². The monoisotopic (exact) mass is 233 g/mol. The number of likely N-dealkylation sites (N-methyl/N-ethyl adjacent to an activating group) is 1. The highest BCUT2D eigenvalue weighted by Crippen LogP contribution is 2.09. The summed E-state index contributed by atoms with van der Waals surface area (Å²) in [5, 5.41) is 8.84. The lowest BCUT2D eigenvalue weighted by Crippen LogP contribution is -2.35. The van der Waals surface area contributed by atoms with Crippen LogP contribution < -0.4 is 0 Å². The van der Waals surface area contributed by atoms with Crippen molar-refractivity contribution in [2.45, 2.75) is 13.8 Å². The first-order chi connectivity index (χ1) is 8.06. The minimum Gasteiger partial charge on any atom is -0.465 e. The average molecular weight is 233 g/mol. The molecule has 1 aromatic carbocycles. The van der Waals surface area contributed by atoms with E-state index in [1.165, 1.54) is 0 Å². The number of benzene rings is 1.